The average Bonchev–Trinajstić information content (AvgIpc) is 3.02. The molecule has 3 aliphatic carbocycles. The number of rotatable bonds is 4. The number of phenols is 1. The molecule has 2 saturated carbocycles. The predicted molar refractivity (Wildman–Crippen MR) is 119 cm³/mol. The molecule has 0 radical (unpaired) electrons. The summed E-state index contributed by atoms with van der Waals surface area (Å²) in [6.45, 7) is 12.1. The molecule has 0 bridgehead atoms. The van der Waals surface area contributed by atoms with Crippen LogP contribution in [0.5, 0.6) is 5.75 Å². The maximum atomic E-state index is 9.89. The zero-order valence-electron chi connectivity index (χ0n) is 18.6. The van der Waals surface area contributed by atoms with Gasteiger partial charge in [-0.2, -0.15) is 0 Å². The molecule has 1 aromatic rings. The molecule has 1 N–H and O–H groups in total. The molecule has 7 atom stereocenters. The lowest BCUT2D eigenvalue weighted by atomic mass is 9.53. The quantitative estimate of drug-likeness (QED) is 0.541. The van der Waals surface area contributed by atoms with Gasteiger partial charge in [-0.1, -0.05) is 52.8 Å². The fourth-order valence-electron chi connectivity index (χ4n) is 7.18. The summed E-state index contributed by atoms with van der Waals surface area (Å²) in [5, 5.41) is 9.89. The summed E-state index contributed by atoms with van der Waals surface area (Å²) >= 11 is 0. The van der Waals surface area contributed by atoms with Crippen molar-refractivity contribution in [2.24, 2.45) is 40.9 Å². The highest BCUT2D eigenvalue weighted by atomic mass is 16.3. The molecular weight excluding hydrogens is 340 g/mol. The number of benzene rings is 1. The van der Waals surface area contributed by atoms with Gasteiger partial charge in [-0.3, -0.25) is 0 Å². The number of allylic oxidation sites excluding steroid dienone is 2. The van der Waals surface area contributed by atoms with Crippen molar-refractivity contribution in [2.75, 3.05) is 0 Å². The van der Waals surface area contributed by atoms with Crippen molar-refractivity contribution < 1.29 is 5.11 Å². The highest BCUT2D eigenvalue weighted by Gasteiger charge is 2.55. The molecule has 0 spiro atoms. The molecule has 1 aromatic carbocycles. The van der Waals surface area contributed by atoms with Crippen LogP contribution in [0.1, 0.15) is 83.8 Å². The summed E-state index contributed by atoms with van der Waals surface area (Å²) in [5.74, 6) is 5.85. The Morgan fingerprint density at radius 1 is 1.04 bits per heavy atom. The van der Waals surface area contributed by atoms with Crippen LogP contribution in [-0.4, -0.2) is 5.11 Å². The average molecular weight is 381 g/mol. The summed E-state index contributed by atoms with van der Waals surface area (Å²) in [6.07, 6.45) is 13.1. The van der Waals surface area contributed by atoms with Gasteiger partial charge in [-0.25, -0.2) is 0 Å². The molecule has 0 saturated heterocycles. The monoisotopic (exact) mass is 380 g/mol. The smallest absolute Gasteiger partial charge is 0.115 e. The van der Waals surface area contributed by atoms with E-state index in [0.29, 0.717) is 23.0 Å². The molecular formula is C27H40O. The van der Waals surface area contributed by atoms with E-state index in [1.807, 2.05) is 12.1 Å². The van der Waals surface area contributed by atoms with Crippen molar-refractivity contribution >= 4 is 0 Å². The Morgan fingerprint density at radius 3 is 2.57 bits per heavy atom. The van der Waals surface area contributed by atoms with Crippen molar-refractivity contribution in [3.63, 3.8) is 0 Å². The minimum absolute atomic E-state index is 0.440. The molecule has 0 heterocycles. The van der Waals surface area contributed by atoms with Crippen LogP contribution in [-0.2, 0) is 6.42 Å². The Labute approximate surface area is 172 Å². The van der Waals surface area contributed by atoms with Gasteiger partial charge in [0.15, 0.2) is 0 Å². The summed E-state index contributed by atoms with van der Waals surface area (Å²) in [4.78, 5) is 0. The van der Waals surface area contributed by atoms with Crippen LogP contribution in [0.2, 0.25) is 0 Å². The van der Waals surface area contributed by atoms with Crippen molar-refractivity contribution in [1.29, 1.82) is 0 Å². The number of aryl methyl sites for hydroxylation is 1. The van der Waals surface area contributed by atoms with E-state index in [2.05, 4.69) is 52.8 Å². The van der Waals surface area contributed by atoms with E-state index in [4.69, 9.17) is 0 Å². The first-order chi connectivity index (χ1) is 13.3. The SMILES string of the molecule is CC(C)C(C)/C=C/C(C)C1CCC2C3CCc4cc(O)ccc4C3CCC12C. The van der Waals surface area contributed by atoms with Gasteiger partial charge in [0.25, 0.3) is 0 Å². The van der Waals surface area contributed by atoms with Crippen LogP contribution in [0.25, 0.3) is 0 Å². The second-order valence-electron chi connectivity index (χ2n) is 10.9. The fraction of sp³-hybridized carbons (Fsp3) is 0.704. The Morgan fingerprint density at radius 2 is 1.82 bits per heavy atom. The van der Waals surface area contributed by atoms with Gasteiger partial charge in [-0.15, -0.1) is 0 Å². The minimum atomic E-state index is 0.440. The largest absolute Gasteiger partial charge is 0.508 e. The van der Waals surface area contributed by atoms with E-state index in [1.165, 1.54) is 37.7 Å². The van der Waals surface area contributed by atoms with Gasteiger partial charge in [0.2, 0.25) is 0 Å². The number of hydrogen-bond acceptors (Lipinski definition) is 1. The van der Waals surface area contributed by atoms with Gasteiger partial charge in [0, 0.05) is 0 Å². The normalized spacial score (nSPS) is 36.8. The lowest BCUT2D eigenvalue weighted by Gasteiger charge is -2.51. The molecule has 1 heteroatoms. The van der Waals surface area contributed by atoms with E-state index in [0.717, 1.165) is 36.0 Å². The first-order valence-electron chi connectivity index (χ1n) is 11.8. The molecule has 0 aromatic heterocycles. The van der Waals surface area contributed by atoms with E-state index >= 15 is 0 Å². The Balaban J connectivity index is 1.53. The number of hydrogen-bond donors (Lipinski definition) is 1. The van der Waals surface area contributed by atoms with Crippen LogP contribution in [0.4, 0.5) is 0 Å². The molecule has 4 rings (SSSR count). The van der Waals surface area contributed by atoms with Gasteiger partial charge < -0.3 is 5.11 Å². The fourth-order valence-corrected chi connectivity index (χ4v) is 7.18. The van der Waals surface area contributed by atoms with Crippen molar-refractivity contribution in [3.05, 3.63) is 41.5 Å². The summed E-state index contributed by atoms with van der Waals surface area (Å²) < 4.78 is 0. The van der Waals surface area contributed by atoms with E-state index < -0.39 is 0 Å². The lowest BCUT2D eigenvalue weighted by Crippen LogP contribution is -2.43. The van der Waals surface area contributed by atoms with Gasteiger partial charge in [0.1, 0.15) is 5.75 Å². The zero-order chi connectivity index (χ0) is 20.1. The van der Waals surface area contributed by atoms with Gasteiger partial charge >= 0.3 is 0 Å². The third kappa shape index (κ3) is 3.33. The standard InChI is InChI=1S/C27H40O/c1-17(2)18(3)6-7-19(4)25-12-13-26-24-10-8-20-16-21(28)9-11-22(20)23(24)14-15-27(25,26)5/h6-7,9,11,16-19,23-26,28H,8,10,12-15H2,1-5H3/b7-6+. The summed E-state index contributed by atoms with van der Waals surface area (Å²) in [5.41, 5.74) is 3.48. The highest BCUT2D eigenvalue weighted by Crippen LogP contribution is 2.64. The van der Waals surface area contributed by atoms with E-state index in [9.17, 15) is 5.11 Å². The van der Waals surface area contributed by atoms with Crippen LogP contribution in [0.3, 0.4) is 0 Å². The molecule has 28 heavy (non-hydrogen) atoms. The predicted octanol–water partition coefficient (Wildman–Crippen LogP) is 7.35. The molecule has 3 aliphatic rings. The first-order valence-corrected chi connectivity index (χ1v) is 11.8. The van der Waals surface area contributed by atoms with E-state index in [-0.39, 0.29) is 0 Å². The Bertz CT molecular complexity index is 732. The number of phenolic OH excluding ortho intramolecular Hbond substituents is 1. The minimum Gasteiger partial charge on any atom is -0.508 e. The molecule has 1 nitrogen and oxygen atoms in total. The maximum Gasteiger partial charge on any atom is 0.115 e. The van der Waals surface area contributed by atoms with E-state index in [1.54, 1.807) is 5.56 Å². The molecule has 0 amide bonds. The third-order valence-electron chi connectivity index (χ3n) is 9.19. The van der Waals surface area contributed by atoms with Crippen LogP contribution < -0.4 is 0 Å². The van der Waals surface area contributed by atoms with Crippen LogP contribution in [0.15, 0.2) is 30.4 Å². The summed E-state index contributed by atoms with van der Waals surface area (Å²) in [6, 6.07) is 6.17. The van der Waals surface area contributed by atoms with Gasteiger partial charge in [0.05, 0.1) is 0 Å². The maximum absolute atomic E-state index is 9.89. The zero-order valence-corrected chi connectivity index (χ0v) is 18.6. The van der Waals surface area contributed by atoms with Crippen LogP contribution in [0, 0.1) is 40.9 Å². The Kier molecular flexibility index (Phi) is 5.40. The number of aromatic hydroxyl groups is 1. The highest BCUT2D eigenvalue weighted by molar-refractivity contribution is 5.40. The second kappa shape index (κ2) is 7.54. The third-order valence-corrected chi connectivity index (χ3v) is 9.19. The van der Waals surface area contributed by atoms with Crippen molar-refractivity contribution in [1.82, 2.24) is 0 Å². The van der Waals surface area contributed by atoms with Crippen molar-refractivity contribution in [2.45, 2.75) is 79.1 Å². The topological polar surface area (TPSA) is 20.2 Å². The van der Waals surface area contributed by atoms with Crippen LogP contribution >= 0.6 is 0 Å². The Hall–Kier alpha value is -1.24. The van der Waals surface area contributed by atoms with Crippen molar-refractivity contribution in [3.8, 4) is 5.75 Å². The molecule has 0 aliphatic heterocycles. The lowest BCUT2D eigenvalue weighted by molar-refractivity contribution is 0.0178. The molecule has 2 fully saturated rings. The molecule has 7 unspecified atom stereocenters. The molecule has 154 valence electrons. The summed E-state index contributed by atoms with van der Waals surface area (Å²) in [7, 11) is 0. The van der Waals surface area contributed by atoms with Gasteiger partial charge in [-0.05, 0) is 109 Å². The first kappa shape index (κ1) is 20.0. The number of fused-ring (bicyclic) bond motifs is 5. The second-order valence-corrected chi connectivity index (χ2v) is 10.9.